The molecule has 1 atom stereocenters. The molecule has 0 aliphatic heterocycles. The number of aryl methyl sites for hydroxylation is 1. The Morgan fingerprint density at radius 3 is 2.11 bits per heavy atom. The maximum absolute atomic E-state index is 13.8. The van der Waals surface area contributed by atoms with Crippen molar-refractivity contribution in [1.29, 1.82) is 0 Å². The average molecular weight is 501 g/mol. The highest BCUT2D eigenvalue weighted by Gasteiger charge is 2.31. The van der Waals surface area contributed by atoms with Crippen LogP contribution in [0, 0.1) is 6.92 Å². The maximum atomic E-state index is 13.8. The summed E-state index contributed by atoms with van der Waals surface area (Å²) in [4.78, 5) is 30.3. The van der Waals surface area contributed by atoms with Crippen LogP contribution >= 0.6 is 11.8 Å². The van der Waals surface area contributed by atoms with Crippen molar-refractivity contribution in [2.45, 2.75) is 69.0 Å². The third kappa shape index (κ3) is 7.72. The van der Waals surface area contributed by atoms with Crippen LogP contribution in [-0.2, 0) is 22.6 Å². The van der Waals surface area contributed by atoms with Crippen molar-refractivity contribution in [2.24, 2.45) is 0 Å². The first-order valence-corrected chi connectivity index (χ1v) is 13.9. The Morgan fingerprint density at radius 1 is 0.861 bits per heavy atom. The van der Waals surface area contributed by atoms with Gasteiger partial charge in [0.1, 0.15) is 6.04 Å². The van der Waals surface area contributed by atoms with Crippen molar-refractivity contribution in [3.63, 3.8) is 0 Å². The first kappa shape index (κ1) is 26.0. The quantitative estimate of drug-likeness (QED) is 0.338. The summed E-state index contributed by atoms with van der Waals surface area (Å²) in [5, 5.41) is 3.30. The van der Waals surface area contributed by atoms with Gasteiger partial charge in [-0.05, 0) is 43.0 Å². The molecule has 0 unspecified atom stereocenters. The van der Waals surface area contributed by atoms with Crippen LogP contribution in [0.25, 0.3) is 0 Å². The number of carbonyl (C=O) groups is 2. The first-order valence-electron chi connectivity index (χ1n) is 13.0. The molecule has 3 aromatic carbocycles. The van der Waals surface area contributed by atoms with Gasteiger partial charge in [0.2, 0.25) is 11.8 Å². The number of thioether (sulfide) groups is 1. The Bertz CT molecular complexity index is 1100. The predicted octanol–water partition coefficient (Wildman–Crippen LogP) is 6.18. The Balaban J connectivity index is 1.58. The summed E-state index contributed by atoms with van der Waals surface area (Å²) in [6.45, 7) is 2.46. The highest BCUT2D eigenvalue weighted by atomic mass is 32.2. The number of nitrogens with one attached hydrogen (secondary N) is 1. The van der Waals surface area contributed by atoms with E-state index in [4.69, 9.17) is 0 Å². The number of nitrogens with zero attached hydrogens (tertiary/aromatic N) is 1. The number of hydrogen-bond acceptors (Lipinski definition) is 3. The summed E-state index contributed by atoms with van der Waals surface area (Å²) in [5.41, 5.74) is 3.27. The summed E-state index contributed by atoms with van der Waals surface area (Å²) < 4.78 is 0. The van der Waals surface area contributed by atoms with Crippen molar-refractivity contribution >= 4 is 23.6 Å². The zero-order valence-corrected chi connectivity index (χ0v) is 21.9. The summed E-state index contributed by atoms with van der Waals surface area (Å²) >= 11 is 1.52. The lowest BCUT2D eigenvalue weighted by Crippen LogP contribution is -2.53. The van der Waals surface area contributed by atoms with E-state index in [1.54, 1.807) is 4.90 Å². The first-order chi connectivity index (χ1) is 17.6. The molecule has 1 N–H and O–H groups in total. The van der Waals surface area contributed by atoms with E-state index >= 15 is 0 Å². The monoisotopic (exact) mass is 500 g/mol. The third-order valence-corrected chi connectivity index (χ3v) is 7.80. The summed E-state index contributed by atoms with van der Waals surface area (Å²) in [6, 6.07) is 27.8. The van der Waals surface area contributed by atoms with Gasteiger partial charge in [-0.2, -0.15) is 0 Å². The lowest BCUT2D eigenvalue weighted by molar-refractivity contribution is -0.139. The zero-order valence-electron chi connectivity index (χ0n) is 21.1. The molecular formula is C31H36N2O2S. The summed E-state index contributed by atoms with van der Waals surface area (Å²) in [7, 11) is 0. The van der Waals surface area contributed by atoms with Gasteiger partial charge in [-0.1, -0.05) is 97.6 Å². The molecular weight excluding hydrogens is 464 g/mol. The van der Waals surface area contributed by atoms with E-state index in [0.29, 0.717) is 13.0 Å². The standard InChI is InChI=1S/C31H36N2O2S/c1-24-17-19-28(20-18-24)36-23-30(34)33(22-26-13-7-3-8-14-26)29(21-25-11-5-2-6-12-25)31(35)32-27-15-9-4-10-16-27/h2-3,5-8,11-14,17-20,27,29H,4,9-10,15-16,21-23H2,1H3,(H,32,35)/t29-/m1/s1. The predicted molar refractivity (Wildman–Crippen MR) is 148 cm³/mol. The number of amides is 2. The van der Waals surface area contributed by atoms with Gasteiger partial charge < -0.3 is 10.2 Å². The minimum absolute atomic E-state index is 0.0239. The Kier molecular flexibility index (Phi) is 9.62. The molecule has 5 heteroatoms. The van der Waals surface area contributed by atoms with Gasteiger partial charge in [0, 0.05) is 23.9 Å². The summed E-state index contributed by atoms with van der Waals surface area (Å²) in [6.07, 6.45) is 6.05. The van der Waals surface area contributed by atoms with Crippen molar-refractivity contribution in [3.05, 3.63) is 102 Å². The van der Waals surface area contributed by atoms with Gasteiger partial charge in [0.15, 0.2) is 0 Å². The van der Waals surface area contributed by atoms with Gasteiger partial charge in [0.05, 0.1) is 5.75 Å². The average Bonchev–Trinajstić information content (AvgIpc) is 2.92. The van der Waals surface area contributed by atoms with Crippen LogP contribution in [0.4, 0.5) is 0 Å². The molecule has 1 aliphatic rings. The van der Waals surface area contributed by atoms with Crippen LogP contribution in [-0.4, -0.2) is 34.6 Å². The molecule has 36 heavy (non-hydrogen) atoms. The van der Waals surface area contributed by atoms with E-state index in [1.165, 1.54) is 23.7 Å². The maximum Gasteiger partial charge on any atom is 0.243 e. The Labute approximate surface area is 219 Å². The molecule has 0 saturated heterocycles. The SMILES string of the molecule is Cc1ccc(SCC(=O)N(Cc2ccccc2)[C@H](Cc2ccccc2)C(=O)NC2CCCCC2)cc1. The smallest absolute Gasteiger partial charge is 0.243 e. The van der Waals surface area contributed by atoms with Crippen molar-refractivity contribution in [1.82, 2.24) is 10.2 Å². The van der Waals surface area contributed by atoms with E-state index in [0.717, 1.165) is 41.7 Å². The lowest BCUT2D eigenvalue weighted by atomic mass is 9.94. The molecule has 1 aliphatic carbocycles. The highest BCUT2D eigenvalue weighted by molar-refractivity contribution is 8.00. The molecule has 1 fully saturated rings. The Morgan fingerprint density at radius 2 is 1.47 bits per heavy atom. The van der Waals surface area contributed by atoms with Crippen LogP contribution in [0.1, 0.15) is 48.8 Å². The molecule has 0 spiro atoms. The van der Waals surface area contributed by atoms with Crippen molar-refractivity contribution in [3.8, 4) is 0 Å². The summed E-state index contributed by atoms with van der Waals surface area (Å²) in [5.74, 6) is 0.220. The molecule has 4 nitrogen and oxygen atoms in total. The van der Waals surface area contributed by atoms with Crippen LogP contribution in [0.15, 0.2) is 89.8 Å². The zero-order chi connectivity index (χ0) is 25.2. The number of rotatable bonds is 10. The van der Waals surface area contributed by atoms with Gasteiger partial charge in [-0.25, -0.2) is 0 Å². The second kappa shape index (κ2) is 13.3. The highest BCUT2D eigenvalue weighted by Crippen LogP contribution is 2.23. The molecule has 0 radical (unpaired) electrons. The van der Waals surface area contributed by atoms with Crippen LogP contribution in [0.2, 0.25) is 0 Å². The van der Waals surface area contributed by atoms with Crippen molar-refractivity contribution < 1.29 is 9.59 Å². The van der Waals surface area contributed by atoms with E-state index in [1.807, 2.05) is 72.8 Å². The fraction of sp³-hybridized carbons (Fsp3) is 0.355. The topological polar surface area (TPSA) is 49.4 Å². The van der Waals surface area contributed by atoms with Gasteiger partial charge in [-0.15, -0.1) is 11.8 Å². The van der Waals surface area contributed by atoms with Gasteiger partial charge in [0.25, 0.3) is 0 Å². The van der Waals surface area contributed by atoms with E-state index in [2.05, 4.69) is 24.4 Å². The Hall–Kier alpha value is -3.05. The third-order valence-electron chi connectivity index (χ3n) is 6.80. The molecule has 3 aromatic rings. The second-order valence-electron chi connectivity index (χ2n) is 9.66. The van der Waals surface area contributed by atoms with Crippen molar-refractivity contribution in [2.75, 3.05) is 5.75 Å². The largest absolute Gasteiger partial charge is 0.352 e. The number of benzene rings is 3. The second-order valence-corrected chi connectivity index (χ2v) is 10.7. The van der Waals surface area contributed by atoms with E-state index < -0.39 is 6.04 Å². The molecule has 1 saturated carbocycles. The molecule has 0 bridgehead atoms. The molecule has 0 heterocycles. The van der Waals surface area contributed by atoms with E-state index in [-0.39, 0.29) is 23.6 Å². The van der Waals surface area contributed by atoms with Crippen LogP contribution in [0.3, 0.4) is 0 Å². The molecule has 2 amide bonds. The van der Waals surface area contributed by atoms with E-state index in [9.17, 15) is 9.59 Å². The minimum atomic E-state index is -0.569. The number of carbonyl (C=O) groups excluding carboxylic acids is 2. The fourth-order valence-electron chi connectivity index (χ4n) is 4.74. The van der Waals surface area contributed by atoms with Gasteiger partial charge >= 0.3 is 0 Å². The molecule has 188 valence electrons. The van der Waals surface area contributed by atoms with Crippen LogP contribution in [0.5, 0.6) is 0 Å². The minimum Gasteiger partial charge on any atom is -0.352 e. The molecule has 4 rings (SSSR count). The molecule has 0 aromatic heterocycles. The lowest BCUT2D eigenvalue weighted by Gasteiger charge is -2.33. The van der Waals surface area contributed by atoms with Crippen LogP contribution < -0.4 is 5.32 Å². The van der Waals surface area contributed by atoms with Gasteiger partial charge in [-0.3, -0.25) is 9.59 Å². The number of hydrogen-bond donors (Lipinski definition) is 1. The normalized spacial score (nSPS) is 14.7. The fourth-order valence-corrected chi connectivity index (χ4v) is 5.53.